The van der Waals surface area contributed by atoms with E-state index >= 15 is 0 Å². The molecule has 1 aliphatic rings. The van der Waals surface area contributed by atoms with Gasteiger partial charge in [0.05, 0.1) is 17.7 Å². The standard InChI is InChI=1S/C18H17F3N2O4S2/c19-18(20,21)16-10-14(22-27-16)15-7-8-17(28-15)29(24,25)23(12-4-1-2-5-12)11-13-6-3-9-26-13/h3,6-10,12H,1-2,4-5,11H2. The van der Waals surface area contributed by atoms with Crippen LogP contribution in [0.5, 0.6) is 0 Å². The lowest BCUT2D eigenvalue weighted by Gasteiger charge is -2.26. The van der Waals surface area contributed by atoms with Crippen molar-refractivity contribution in [3.63, 3.8) is 0 Å². The van der Waals surface area contributed by atoms with Gasteiger partial charge in [-0.1, -0.05) is 18.0 Å². The zero-order valence-corrected chi connectivity index (χ0v) is 16.7. The lowest BCUT2D eigenvalue weighted by molar-refractivity contribution is -0.155. The molecule has 0 aromatic carbocycles. The van der Waals surface area contributed by atoms with E-state index in [1.165, 1.54) is 22.7 Å². The molecule has 0 N–H and O–H groups in total. The monoisotopic (exact) mass is 446 g/mol. The van der Waals surface area contributed by atoms with Crippen LogP contribution in [0.3, 0.4) is 0 Å². The second-order valence-corrected chi connectivity index (χ2v) is 9.96. The molecule has 1 fully saturated rings. The van der Waals surface area contributed by atoms with Crippen molar-refractivity contribution in [1.82, 2.24) is 9.46 Å². The van der Waals surface area contributed by atoms with Crippen molar-refractivity contribution < 1.29 is 30.5 Å². The van der Waals surface area contributed by atoms with Crippen LogP contribution >= 0.6 is 11.3 Å². The molecular formula is C18H17F3N2O4S2. The maximum atomic E-state index is 13.3. The zero-order valence-electron chi connectivity index (χ0n) is 15.1. The number of rotatable bonds is 6. The molecule has 3 aromatic rings. The van der Waals surface area contributed by atoms with Crippen molar-refractivity contribution in [2.45, 2.75) is 48.7 Å². The molecule has 0 radical (unpaired) electrons. The number of hydrogen-bond acceptors (Lipinski definition) is 6. The van der Waals surface area contributed by atoms with Crippen molar-refractivity contribution in [2.24, 2.45) is 0 Å². The summed E-state index contributed by atoms with van der Waals surface area (Å²) in [6, 6.07) is 6.86. The lowest BCUT2D eigenvalue weighted by Crippen LogP contribution is -2.37. The van der Waals surface area contributed by atoms with Gasteiger partial charge in [0, 0.05) is 12.1 Å². The number of alkyl halides is 3. The minimum absolute atomic E-state index is 0.0440. The molecule has 0 amide bonds. The van der Waals surface area contributed by atoms with Crippen molar-refractivity contribution >= 4 is 21.4 Å². The van der Waals surface area contributed by atoms with Crippen LogP contribution in [0.25, 0.3) is 10.6 Å². The topological polar surface area (TPSA) is 76.6 Å². The van der Waals surface area contributed by atoms with Gasteiger partial charge < -0.3 is 8.94 Å². The summed E-state index contributed by atoms with van der Waals surface area (Å²) in [6.45, 7) is 0.107. The number of hydrogen-bond donors (Lipinski definition) is 0. The number of sulfonamides is 1. The lowest BCUT2D eigenvalue weighted by atomic mass is 10.2. The highest BCUT2D eigenvalue weighted by molar-refractivity contribution is 7.91. The van der Waals surface area contributed by atoms with Crippen LogP contribution in [0.1, 0.15) is 37.2 Å². The summed E-state index contributed by atoms with van der Waals surface area (Å²) in [5.74, 6) is -0.695. The molecule has 0 spiro atoms. The van der Waals surface area contributed by atoms with E-state index in [1.54, 1.807) is 12.1 Å². The van der Waals surface area contributed by atoms with Crippen LogP contribution in [0.4, 0.5) is 13.2 Å². The first kappa shape index (κ1) is 20.2. The molecule has 1 aliphatic carbocycles. The van der Waals surface area contributed by atoms with Crippen molar-refractivity contribution in [1.29, 1.82) is 0 Å². The van der Waals surface area contributed by atoms with E-state index in [0.717, 1.165) is 43.1 Å². The van der Waals surface area contributed by atoms with Gasteiger partial charge in [-0.2, -0.15) is 17.5 Å². The average Bonchev–Trinajstić information content (AvgIpc) is 3.47. The molecule has 1 saturated carbocycles. The molecule has 0 atom stereocenters. The molecule has 0 bridgehead atoms. The van der Waals surface area contributed by atoms with Gasteiger partial charge in [-0.25, -0.2) is 8.42 Å². The summed E-state index contributed by atoms with van der Waals surface area (Å²) in [7, 11) is -3.86. The van der Waals surface area contributed by atoms with Crippen LogP contribution in [0.15, 0.2) is 49.7 Å². The first-order valence-corrected chi connectivity index (χ1v) is 11.2. The van der Waals surface area contributed by atoms with Crippen molar-refractivity contribution in [2.75, 3.05) is 0 Å². The highest BCUT2D eigenvalue weighted by Crippen LogP contribution is 2.38. The summed E-state index contributed by atoms with van der Waals surface area (Å²) in [5, 5.41) is 3.42. The Morgan fingerprint density at radius 3 is 2.59 bits per heavy atom. The molecule has 4 rings (SSSR count). The minimum atomic E-state index is -4.65. The maximum absolute atomic E-state index is 13.3. The maximum Gasteiger partial charge on any atom is 0.452 e. The quantitative estimate of drug-likeness (QED) is 0.524. The van der Waals surface area contributed by atoms with Gasteiger partial charge >= 0.3 is 6.18 Å². The highest BCUT2D eigenvalue weighted by atomic mass is 32.2. The van der Waals surface area contributed by atoms with Gasteiger partial charge in [-0.15, -0.1) is 11.3 Å². The summed E-state index contributed by atoms with van der Waals surface area (Å²) >= 11 is 0.867. The fourth-order valence-corrected chi connectivity index (χ4v) is 6.43. The Balaban J connectivity index is 1.64. The summed E-state index contributed by atoms with van der Waals surface area (Å²) in [5.41, 5.74) is -0.0535. The molecule has 0 saturated heterocycles. The first-order chi connectivity index (χ1) is 13.7. The fraction of sp³-hybridized carbons (Fsp3) is 0.389. The Kier molecular flexibility index (Phi) is 5.30. The van der Waals surface area contributed by atoms with E-state index < -0.39 is 22.0 Å². The second kappa shape index (κ2) is 7.62. The van der Waals surface area contributed by atoms with E-state index in [2.05, 4.69) is 9.68 Å². The Labute approximate surface area is 169 Å². The Bertz CT molecular complexity index is 1060. The molecule has 0 unspecified atom stereocenters. The van der Waals surface area contributed by atoms with Gasteiger partial charge in [-0.05, 0) is 37.1 Å². The summed E-state index contributed by atoms with van der Waals surface area (Å²) in [4.78, 5) is 0.284. The number of halogens is 3. The Morgan fingerprint density at radius 1 is 1.21 bits per heavy atom. The largest absolute Gasteiger partial charge is 0.468 e. The predicted molar refractivity (Wildman–Crippen MR) is 98.5 cm³/mol. The number of furan rings is 1. The Morgan fingerprint density at radius 2 is 1.97 bits per heavy atom. The predicted octanol–water partition coefficient (Wildman–Crippen LogP) is 5.15. The third-order valence-corrected chi connectivity index (χ3v) is 8.28. The second-order valence-electron chi connectivity index (χ2n) is 6.76. The normalized spacial score (nSPS) is 16.1. The number of aromatic nitrogens is 1. The third kappa shape index (κ3) is 4.12. The van der Waals surface area contributed by atoms with E-state index in [-0.39, 0.29) is 27.4 Å². The van der Waals surface area contributed by atoms with Gasteiger partial charge in [-0.3, -0.25) is 0 Å². The minimum Gasteiger partial charge on any atom is -0.468 e. The zero-order chi connectivity index (χ0) is 20.6. The molecule has 29 heavy (non-hydrogen) atoms. The molecule has 3 aromatic heterocycles. The van der Waals surface area contributed by atoms with Gasteiger partial charge in [0.2, 0.25) is 5.76 Å². The summed E-state index contributed by atoms with van der Waals surface area (Å²) in [6.07, 6.45) is 0.251. The molecule has 11 heteroatoms. The molecule has 3 heterocycles. The van der Waals surface area contributed by atoms with Crippen LogP contribution in [0.2, 0.25) is 0 Å². The molecule has 6 nitrogen and oxygen atoms in total. The number of thiophene rings is 1. The molecule has 156 valence electrons. The number of nitrogens with zero attached hydrogens (tertiary/aromatic N) is 2. The SMILES string of the molecule is O=S(=O)(c1ccc(-c2cc(C(F)(F)F)on2)s1)N(Cc1ccco1)C1CCCC1. The van der Waals surface area contributed by atoms with Gasteiger partial charge in [0.25, 0.3) is 10.0 Å². The summed E-state index contributed by atoms with van der Waals surface area (Å²) < 4.78 is 76.0. The van der Waals surface area contributed by atoms with E-state index in [1.807, 2.05) is 0 Å². The molecule has 0 aliphatic heterocycles. The average molecular weight is 446 g/mol. The highest BCUT2D eigenvalue weighted by Gasteiger charge is 2.37. The van der Waals surface area contributed by atoms with Crippen LogP contribution in [-0.4, -0.2) is 23.9 Å². The van der Waals surface area contributed by atoms with E-state index in [9.17, 15) is 21.6 Å². The van der Waals surface area contributed by atoms with Crippen LogP contribution < -0.4 is 0 Å². The van der Waals surface area contributed by atoms with Crippen molar-refractivity contribution in [3.05, 3.63) is 48.1 Å². The van der Waals surface area contributed by atoms with Gasteiger partial charge in [0.15, 0.2) is 0 Å². The molecular weight excluding hydrogens is 429 g/mol. The smallest absolute Gasteiger partial charge is 0.452 e. The van der Waals surface area contributed by atoms with Gasteiger partial charge in [0.1, 0.15) is 15.7 Å². The van der Waals surface area contributed by atoms with E-state index in [4.69, 9.17) is 4.42 Å². The van der Waals surface area contributed by atoms with E-state index in [0.29, 0.717) is 5.76 Å². The third-order valence-electron chi connectivity index (χ3n) is 4.81. The van der Waals surface area contributed by atoms with Crippen molar-refractivity contribution in [3.8, 4) is 10.6 Å². The van der Waals surface area contributed by atoms with Crippen LogP contribution in [-0.2, 0) is 22.7 Å². The fourth-order valence-electron chi connectivity index (χ4n) is 3.40. The first-order valence-electron chi connectivity index (χ1n) is 8.93. The van der Waals surface area contributed by atoms with Crippen LogP contribution in [0, 0.1) is 0 Å². The Hall–Kier alpha value is -2.11.